The van der Waals surface area contributed by atoms with Gasteiger partial charge in [-0.3, -0.25) is 9.59 Å². The molecule has 33 heavy (non-hydrogen) atoms. The van der Waals surface area contributed by atoms with Crippen LogP contribution in [0.25, 0.3) is 0 Å². The highest BCUT2D eigenvalue weighted by Crippen LogP contribution is 2.56. The molecule has 0 aromatic heterocycles. The molecule has 1 saturated carbocycles. The zero-order chi connectivity index (χ0) is 24.4. The van der Waals surface area contributed by atoms with Crippen molar-refractivity contribution in [1.29, 1.82) is 0 Å². The van der Waals surface area contributed by atoms with Crippen molar-refractivity contribution >= 4 is 11.9 Å². The first-order valence-electron chi connectivity index (χ1n) is 14.4. The van der Waals surface area contributed by atoms with Gasteiger partial charge < -0.3 is 10.2 Å². The largest absolute Gasteiger partial charge is 0.481 e. The van der Waals surface area contributed by atoms with E-state index >= 15 is 0 Å². The first kappa shape index (κ1) is 30.0. The summed E-state index contributed by atoms with van der Waals surface area (Å²) >= 11 is 0. The van der Waals surface area contributed by atoms with Crippen molar-refractivity contribution in [2.45, 2.75) is 162 Å². The molecule has 1 rings (SSSR count). The zero-order valence-electron chi connectivity index (χ0n) is 22.0. The summed E-state index contributed by atoms with van der Waals surface area (Å²) in [5.74, 6) is -1.75. The fourth-order valence-electron chi connectivity index (χ4n) is 6.17. The predicted molar refractivity (Wildman–Crippen MR) is 138 cm³/mol. The summed E-state index contributed by atoms with van der Waals surface area (Å²) in [5.41, 5.74) is -2.16. The molecule has 0 radical (unpaired) electrons. The van der Waals surface area contributed by atoms with E-state index in [4.69, 9.17) is 0 Å². The molecule has 1 fully saturated rings. The molecule has 0 amide bonds. The number of hydrogen-bond acceptors (Lipinski definition) is 2. The standard InChI is InChI=1S/C29H54O4/c1-3-5-7-8-9-10-11-12-13-14-15-16-17-18-19-23-29(27(32)33)25-21-20-24-28(29,26(30)31)22-6-4-2/h3-25H2,1-2H3,(H,30,31)(H,32,33). The van der Waals surface area contributed by atoms with Crippen molar-refractivity contribution in [3.63, 3.8) is 0 Å². The maximum absolute atomic E-state index is 12.5. The van der Waals surface area contributed by atoms with Gasteiger partial charge in [0, 0.05) is 0 Å². The first-order valence-corrected chi connectivity index (χ1v) is 14.4. The molecule has 4 nitrogen and oxygen atoms in total. The SMILES string of the molecule is CCCCCCCCCCCCCCCCCC1(C(=O)O)CCCCC1(CCCC)C(=O)O. The molecular weight excluding hydrogens is 412 g/mol. The van der Waals surface area contributed by atoms with Crippen molar-refractivity contribution in [1.82, 2.24) is 0 Å². The molecule has 1 aliphatic rings. The molecule has 2 N–H and O–H groups in total. The molecular formula is C29H54O4. The summed E-state index contributed by atoms with van der Waals surface area (Å²) in [6, 6.07) is 0. The van der Waals surface area contributed by atoms with E-state index in [1.54, 1.807) is 0 Å². The molecule has 0 aliphatic heterocycles. The van der Waals surface area contributed by atoms with Crippen molar-refractivity contribution in [2.75, 3.05) is 0 Å². The van der Waals surface area contributed by atoms with Crippen molar-refractivity contribution in [3.8, 4) is 0 Å². The average molecular weight is 467 g/mol. The van der Waals surface area contributed by atoms with Crippen molar-refractivity contribution in [3.05, 3.63) is 0 Å². The highest BCUT2D eigenvalue weighted by Gasteiger charge is 2.61. The summed E-state index contributed by atoms with van der Waals surface area (Å²) in [6.07, 6.45) is 24.7. The Hall–Kier alpha value is -1.06. The fraction of sp³-hybridized carbons (Fsp3) is 0.931. The van der Waals surface area contributed by atoms with Gasteiger partial charge in [0.15, 0.2) is 0 Å². The van der Waals surface area contributed by atoms with Gasteiger partial charge in [0.1, 0.15) is 0 Å². The summed E-state index contributed by atoms with van der Waals surface area (Å²) in [7, 11) is 0. The van der Waals surface area contributed by atoms with E-state index in [-0.39, 0.29) is 0 Å². The van der Waals surface area contributed by atoms with E-state index in [1.807, 2.05) is 0 Å². The lowest BCUT2D eigenvalue weighted by Gasteiger charge is -2.48. The predicted octanol–water partition coefficient (Wildman–Crippen LogP) is 9.15. The number of unbranched alkanes of at least 4 members (excludes halogenated alkanes) is 15. The minimum Gasteiger partial charge on any atom is -0.481 e. The van der Waals surface area contributed by atoms with Gasteiger partial charge in [-0.25, -0.2) is 0 Å². The normalized spacial score (nSPS) is 23.0. The van der Waals surface area contributed by atoms with Gasteiger partial charge in [0.25, 0.3) is 0 Å². The zero-order valence-corrected chi connectivity index (χ0v) is 22.0. The molecule has 0 aromatic rings. The van der Waals surface area contributed by atoms with Crippen LogP contribution >= 0.6 is 0 Å². The lowest BCUT2D eigenvalue weighted by atomic mass is 9.52. The van der Waals surface area contributed by atoms with E-state index in [1.165, 1.54) is 77.0 Å². The molecule has 2 atom stereocenters. The second-order valence-corrected chi connectivity index (χ2v) is 10.8. The molecule has 0 bridgehead atoms. The lowest BCUT2D eigenvalue weighted by Crippen LogP contribution is -2.54. The summed E-state index contributed by atoms with van der Waals surface area (Å²) < 4.78 is 0. The summed E-state index contributed by atoms with van der Waals surface area (Å²) in [4.78, 5) is 24.9. The van der Waals surface area contributed by atoms with Gasteiger partial charge in [0.05, 0.1) is 10.8 Å². The fourth-order valence-corrected chi connectivity index (χ4v) is 6.17. The van der Waals surface area contributed by atoms with E-state index in [9.17, 15) is 19.8 Å². The average Bonchev–Trinajstić information content (AvgIpc) is 2.80. The van der Waals surface area contributed by atoms with Gasteiger partial charge in [0.2, 0.25) is 0 Å². The molecule has 0 spiro atoms. The maximum atomic E-state index is 12.5. The number of carboxylic acid groups (broad SMARTS) is 2. The van der Waals surface area contributed by atoms with Crippen molar-refractivity contribution in [2.24, 2.45) is 10.8 Å². The second-order valence-electron chi connectivity index (χ2n) is 10.8. The van der Waals surface area contributed by atoms with Gasteiger partial charge in [-0.05, 0) is 25.7 Å². The van der Waals surface area contributed by atoms with E-state index in [2.05, 4.69) is 13.8 Å². The van der Waals surface area contributed by atoms with Gasteiger partial charge in [-0.15, -0.1) is 0 Å². The number of hydrogen-bond donors (Lipinski definition) is 2. The molecule has 1 aliphatic carbocycles. The highest BCUT2D eigenvalue weighted by molar-refractivity contribution is 5.87. The van der Waals surface area contributed by atoms with Gasteiger partial charge in [-0.2, -0.15) is 0 Å². The molecule has 194 valence electrons. The topological polar surface area (TPSA) is 74.6 Å². The van der Waals surface area contributed by atoms with E-state index in [0.29, 0.717) is 25.7 Å². The van der Waals surface area contributed by atoms with Crippen LogP contribution in [0.3, 0.4) is 0 Å². The smallest absolute Gasteiger partial charge is 0.310 e. The minimum atomic E-state index is -1.08. The first-order chi connectivity index (χ1) is 16.0. The Morgan fingerprint density at radius 3 is 1.15 bits per heavy atom. The number of rotatable bonds is 21. The minimum absolute atomic E-state index is 0.504. The molecule has 4 heteroatoms. The Morgan fingerprint density at radius 2 is 0.818 bits per heavy atom. The van der Waals surface area contributed by atoms with Gasteiger partial charge in [-0.1, -0.05) is 136 Å². The van der Waals surface area contributed by atoms with Crippen LogP contribution in [0.4, 0.5) is 0 Å². The third-order valence-electron chi connectivity index (χ3n) is 8.36. The Labute approximate surface area is 204 Å². The van der Waals surface area contributed by atoms with E-state index in [0.717, 1.165) is 44.9 Å². The number of aliphatic carboxylic acids is 2. The van der Waals surface area contributed by atoms with Crippen molar-refractivity contribution < 1.29 is 19.8 Å². The number of carboxylic acids is 2. The second kappa shape index (κ2) is 17.4. The molecule has 0 heterocycles. The van der Waals surface area contributed by atoms with Crippen LogP contribution in [0.2, 0.25) is 0 Å². The Morgan fingerprint density at radius 1 is 0.515 bits per heavy atom. The van der Waals surface area contributed by atoms with Crippen LogP contribution in [-0.2, 0) is 9.59 Å². The Kier molecular flexibility index (Phi) is 15.8. The lowest BCUT2D eigenvalue weighted by molar-refractivity contribution is -0.182. The molecule has 0 aromatic carbocycles. The monoisotopic (exact) mass is 466 g/mol. The van der Waals surface area contributed by atoms with Crippen LogP contribution < -0.4 is 0 Å². The summed E-state index contributed by atoms with van der Waals surface area (Å²) in [6.45, 7) is 4.32. The molecule has 2 unspecified atom stereocenters. The van der Waals surface area contributed by atoms with Crippen LogP contribution in [0.1, 0.15) is 162 Å². The third kappa shape index (κ3) is 9.61. The van der Waals surface area contributed by atoms with E-state index < -0.39 is 22.8 Å². The molecule has 0 saturated heterocycles. The van der Waals surface area contributed by atoms with Crippen LogP contribution in [0, 0.1) is 10.8 Å². The third-order valence-corrected chi connectivity index (χ3v) is 8.36. The maximum Gasteiger partial charge on any atom is 0.310 e. The summed E-state index contributed by atoms with van der Waals surface area (Å²) in [5, 5.41) is 20.4. The van der Waals surface area contributed by atoms with Crippen LogP contribution in [0.15, 0.2) is 0 Å². The van der Waals surface area contributed by atoms with Crippen LogP contribution in [-0.4, -0.2) is 22.2 Å². The Bertz CT molecular complexity index is 532. The Balaban J connectivity index is 2.29. The van der Waals surface area contributed by atoms with Gasteiger partial charge >= 0.3 is 11.9 Å². The van der Waals surface area contributed by atoms with Crippen LogP contribution in [0.5, 0.6) is 0 Å². The number of carbonyl (C=O) groups is 2. The quantitative estimate of drug-likeness (QED) is 0.165. The highest BCUT2D eigenvalue weighted by atomic mass is 16.4.